The molecule has 10 aromatic carbocycles. The van der Waals surface area contributed by atoms with Crippen molar-refractivity contribution in [1.29, 1.82) is 0 Å². The standard InChI is InChI=1S/C77H68B2N6/c1-45-37-47(3)68(48(4)38-45)78-60-41-53(76(7,8)9)31-35-66(60)84-67-36-32-54(77(10,11)12)42-61(67)79(69-49(5)39-46(2)40-50(69)6)63-44-55(43-62(78)72(63)84)83-64-29-21-19-27-56(64)58-33-34-59-57-28-20-22-30-65(57)85(71(59)70(58)83)75-81-73(51-23-15-13-16-24-51)80-74(82-75)52-25-17-14-18-26-52/h13-44H,1-12H3. The second-order valence-corrected chi connectivity index (χ2v) is 26.4. The molecule has 2 aliphatic heterocycles. The van der Waals surface area contributed by atoms with Gasteiger partial charge in [0.1, 0.15) is 0 Å². The van der Waals surface area contributed by atoms with E-state index in [9.17, 15) is 0 Å². The number of fused-ring (bicyclic) bond motifs is 11. The number of rotatable bonds is 6. The summed E-state index contributed by atoms with van der Waals surface area (Å²) in [6.45, 7) is 27.7. The summed E-state index contributed by atoms with van der Waals surface area (Å²) in [6.07, 6.45) is 0. The maximum atomic E-state index is 5.49. The van der Waals surface area contributed by atoms with Crippen LogP contribution in [0.2, 0.25) is 0 Å². The van der Waals surface area contributed by atoms with Crippen LogP contribution in [0.4, 0.5) is 17.1 Å². The molecule has 0 fully saturated rings. The van der Waals surface area contributed by atoms with Gasteiger partial charge in [-0.2, -0.15) is 9.97 Å². The quantitative estimate of drug-likeness (QED) is 0.156. The van der Waals surface area contributed by atoms with E-state index in [0.717, 1.165) is 55.0 Å². The lowest BCUT2D eigenvalue weighted by molar-refractivity contribution is 0.590. The first kappa shape index (κ1) is 52.5. The zero-order chi connectivity index (χ0) is 58.5. The van der Waals surface area contributed by atoms with E-state index < -0.39 is 0 Å². The van der Waals surface area contributed by atoms with Gasteiger partial charge in [-0.1, -0.05) is 244 Å². The number of para-hydroxylation sites is 2. The van der Waals surface area contributed by atoms with Gasteiger partial charge in [0.05, 0.1) is 22.1 Å². The summed E-state index contributed by atoms with van der Waals surface area (Å²) in [6, 6.07) is 72.7. The number of anilines is 3. The van der Waals surface area contributed by atoms with Gasteiger partial charge in [-0.15, -0.1) is 0 Å². The lowest BCUT2D eigenvalue weighted by atomic mass is 9.29. The van der Waals surface area contributed by atoms with Crippen molar-refractivity contribution in [2.24, 2.45) is 0 Å². The number of aromatic nitrogens is 5. The fourth-order valence-corrected chi connectivity index (χ4v) is 14.9. The first-order valence-electron chi connectivity index (χ1n) is 30.2. The maximum Gasteiger partial charge on any atom is 0.247 e. The van der Waals surface area contributed by atoms with Gasteiger partial charge in [-0.3, -0.25) is 4.57 Å². The van der Waals surface area contributed by atoms with Crippen molar-refractivity contribution in [3.63, 3.8) is 0 Å². The zero-order valence-corrected chi connectivity index (χ0v) is 50.8. The largest absolute Gasteiger partial charge is 0.313 e. The van der Waals surface area contributed by atoms with E-state index in [1.165, 1.54) is 99.7 Å². The summed E-state index contributed by atoms with van der Waals surface area (Å²) >= 11 is 0. The first-order valence-corrected chi connectivity index (χ1v) is 30.2. The molecule has 85 heavy (non-hydrogen) atoms. The Bertz CT molecular complexity index is 4690. The average molecular weight is 1100 g/mol. The Balaban J connectivity index is 1.13. The SMILES string of the molecule is Cc1cc(C)c(B2c3cc(C(C)(C)C)ccc3N3c4ccc(C(C)(C)C)cc4B(c4c(C)cc(C)cc4C)c4cc(-n5c6ccccc6c6ccc7c8ccccc8n(-c8nc(-c9ccccc9)nc(-c9ccccc9)n8)c7c65)cc2c43)c(C)c1. The number of hydrogen-bond donors (Lipinski definition) is 0. The molecule has 6 nitrogen and oxygen atoms in total. The van der Waals surface area contributed by atoms with Crippen LogP contribution in [0.15, 0.2) is 194 Å². The Hall–Kier alpha value is -9.26. The molecule has 0 unspecified atom stereocenters. The highest BCUT2D eigenvalue weighted by molar-refractivity contribution is 7.02. The zero-order valence-electron chi connectivity index (χ0n) is 50.8. The molecule has 0 saturated carbocycles. The number of aryl methyl sites for hydroxylation is 6. The fraction of sp³-hybridized carbons (Fsp3) is 0.182. The van der Waals surface area contributed by atoms with E-state index in [1.54, 1.807) is 0 Å². The Morgan fingerprint density at radius 3 is 1.20 bits per heavy atom. The van der Waals surface area contributed by atoms with Crippen LogP contribution in [0.1, 0.15) is 86.1 Å². The summed E-state index contributed by atoms with van der Waals surface area (Å²) in [7, 11) is 0. The van der Waals surface area contributed by atoms with Crippen molar-refractivity contribution >= 4 is 107 Å². The molecule has 15 rings (SSSR count). The molecule has 0 bridgehead atoms. The van der Waals surface area contributed by atoms with Crippen molar-refractivity contribution in [3.8, 4) is 34.4 Å². The van der Waals surface area contributed by atoms with Gasteiger partial charge < -0.3 is 9.47 Å². The summed E-state index contributed by atoms with van der Waals surface area (Å²) in [5.41, 5.74) is 29.2. The van der Waals surface area contributed by atoms with Crippen LogP contribution in [0.25, 0.3) is 78.0 Å². The minimum atomic E-state index is -0.100. The highest BCUT2D eigenvalue weighted by Gasteiger charge is 2.46. The van der Waals surface area contributed by atoms with Crippen molar-refractivity contribution in [1.82, 2.24) is 24.1 Å². The molecular formula is C77H68B2N6. The first-order chi connectivity index (χ1) is 40.9. The second-order valence-electron chi connectivity index (χ2n) is 26.4. The van der Waals surface area contributed by atoms with E-state index in [1.807, 2.05) is 12.1 Å². The maximum absolute atomic E-state index is 5.49. The molecule has 0 spiro atoms. The van der Waals surface area contributed by atoms with Crippen LogP contribution < -0.4 is 37.7 Å². The molecule has 3 aromatic heterocycles. The van der Waals surface area contributed by atoms with Crippen molar-refractivity contribution in [2.75, 3.05) is 4.90 Å². The minimum absolute atomic E-state index is 0.0910. The molecule has 0 aliphatic carbocycles. The van der Waals surface area contributed by atoms with Crippen LogP contribution in [0, 0.1) is 41.5 Å². The Morgan fingerprint density at radius 1 is 0.365 bits per heavy atom. The molecule has 0 saturated heterocycles. The molecule has 0 amide bonds. The Morgan fingerprint density at radius 2 is 0.765 bits per heavy atom. The van der Waals surface area contributed by atoms with Gasteiger partial charge in [0.15, 0.2) is 11.6 Å². The highest BCUT2D eigenvalue weighted by atomic mass is 15.2. The lowest BCUT2D eigenvalue weighted by Crippen LogP contribution is -2.66. The van der Waals surface area contributed by atoms with Gasteiger partial charge in [-0.25, -0.2) is 4.98 Å². The molecule has 412 valence electrons. The highest BCUT2D eigenvalue weighted by Crippen LogP contribution is 2.45. The predicted molar refractivity (Wildman–Crippen MR) is 362 cm³/mol. The van der Waals surface area contributed by atoms with Gasteiger partial charge in [0.2, 0.25) is 19.4 Å². The molecule has 0 atom stereocenters. The number of hydrogen-bond acceptors (Lipinski definition) is 4. The van der Waals surface area contributed by atoms with Gasteiger partial charge >= 0.3 is 0 Å². The lowest BCUT2D eigenvalue weighted by Gasteiger charge is -2.45. The van der Waals surface area contributed by atoms with Crippen molar-refractivity contribution in [3.05, 3.63) is 239 Å². The van der Waals surface area contributed by atoms with E-state index in [-0.39, 0.29) is 24.3 Å². The van der Waals surface area contributed by atoms with Crippen LogP contribution in [0.5, 0.6) is 0 Å². The minimum Gasteiger partial charge on any atom is -0.313 e. The Kier molecular flexibility index (Phi) is 11.8. The van der Waals surface area contributed by atoms with Crippen molar-refractivity contribution < 1.29 is 0 Å². The summed E-state index contributed by atoms with van der Waals surface area (Å²) in [5, 5.41) is 4.59. The van der Waals surface area contributed by atoms with Crippen LogP contribution in [-0.2, 0) is 10.8 Å². The molecule has 5 heterocycles. The van der Waals surface area contributed by atoms with E-state index >= 15 is 0 Å². The van der Waals surface area contributed by atoms with E-state index in [0.29, 0.717) is 17.6 Å². The third-order valence-electron chi connectivity index (χ3n) is 18.6. The molecule has 8 heteroatoms. The molecule has 13 aromatic rings. The van der Waals surface area contributed by atoms with Crippen LogP contribution in [-0.4, -0.2) is 37.5 Å². The monoisotopic (exact) mass is 1100 g/mol. The third kappa shape index (κ3) is 8.19. The molecular weight excluding hydrogens is 1030 g/mol. The summed E-state index contributed by atoms with van der Waals surface area (Å²) in [4.78, 5) is 18.8. The van der Waals surface area contributed by atoms with Gasteiger partial charge in [-0.05, 0) is 122 Å². The number of nitrogens with zero attached hydrogens (tertiary/aromatic N) is 6. The van der Waals surface area contributed by atoms with Gasteiger partial charge in [0, 0.05) is 55.4 Å². The topological polar surface area (TPSA) is 51.8 Å². The normalized spacial score (nSPS) is 13.1. The molecule has 0 N–H and O–H groups in total. The summed E-state index contributed by atoms with van der Waals surface area (Å²) < 4.78 is 4.92. The third-order valence-corrected chi connectivity index (χ3v) is 18.6. The average Bonchev–Trinajstić information content (AvgIpc) is 1.63. The number of benzene rings is 10. The second kappa shape index (κ2) is 19.1. The van der Waals surface area contributed by atoms with Crippen LogP contribution >= 0.6 is 0 Å². The van der Waals surface area contributed by atoms with E-state index in [2.05, 4.69) is 279 Å². The Labute approximate surface area is 500 Å². The fourth-order valence-electron chi connectivity index (χ4n) is 14.9. The smallest absolute Gasteiger partial charge is 0.247 e. The molecule has 2 aliphatic rings. The van der Waals surface area contributed by atoms with Gasteiger partial charge in [0.25, 0.3) is 0 Å². The van der Waals surface area contributed by atoms with Crippen molar-refractivity contribution in [2.45, 2.75) is 93.9 Å². The van der Waals surface area contributed by atoms with E-state index in [4.69, 9.17) is 15.0 Å². The molecule has 0 radical (unpaired) electrons. The summed E-state index contributed by atoms with van der Waals surface area (Å²) in [5.74, 6) is 1.80. The predicted octanol–water partition coefficient (Wildman–Crippen LogP) is 15.0. The van der Waals surface area contributed by atoms with Crippen LogP contribution in [0.3, 0.4) is 0 Å².